The first kappa shape index (κ1) is 22.8. The highest BCUT2D eigenvalue weighted by Gasteiger charge is 2.29. The number of nitrogens with zero attached hydrogens (tertiary/aromatic N) is 1. The third-order valence-corrected chi connectivity index (χ3v) is 5.61. The van der Waals surface area contributed by atoms with Crippen molar-refractivity contribution >= 4 is 23.8 Å². The summed E-state index contributed by atoms with van der Waals surface area (Å²) < 4.78 is 5.41. The number of carbonyl (C=O) groups is 4. The van der Waals surface area contributed by atoms with Crippen LogP contribution in [0.2, 0.25) is 0 Å². The molecule has 2 aliphatic heterocycles. The lowest BCUT2D eigenvalue weighted by Crippen LogP contribution is -2.43. The molecule has 0 aliphatic carbocycles. The van der Waals surface area contributed by atoms with E-state index in [1.807, 2.05) is 26.8 Å². The molecule has 31 heavy (non-hydrogen) atoms. The summed E-state index contributed by atoms with van der Waals surface area (Å²) in [6, 6.07) is 7.01. The molecule has 1 aromatic carbocycles. The number of hydrogen-bond donors (Lipinski definition) is 2. The lowest BCUT2D eigenvalue weighted by atomic mass is 9.89. The van der Waals surface area contributed by atoms with E-state index in [0.29, 0.717) is 44.0 Å². The van der Waals surface area contributed by atoms with E-state index in [9.17, 15) is 19.2 Å². The van der Waals surface area contributed by atoms with Gasteiger partial charge in [0.15, 0.2) is 0 Å². The molecule has 0 aromatic heterocycles. The molecule has 1 aromatic rings. The van der Waals surface area contributed by atoms with Gasteiger partial charge in [0.05, 0.1) is 5.92 Å². The highest BCUT2D eigenvalue weighted by molar-refractivity contribution is 6.01. The minimum absolute atomic E-state index is 0.191. The normalized spacial score (nSPS) is 20.2. The number of rotatable bonds is 4. The lowest BCUT2D eigenvalue weighted by molar-refractivity contribution is -0.134. The van der Waals surface area contributed by atoms with Crippen LogP contribution in [-0.2, 0) is 14.3 Å². The SMILES string of the molecule is CC(C)(C)OC(=O)N1CCC(CNC(=O)c2cccc(C3CCC(=O)NC3=O)c2)CC1. The molecule has 0 bridgehead atoms. The van der Waals surface area contributed by atoms with Gasteiger partial charge in [-0.3, -0.25) is 19.7 Å². The van der Waals surface area contributed by atoms with Crippen molar-refractivity contribution in [3.05, 3.63) is 35.4 Å². The summed E-state index contributed by atoms with van der Waals surface area (Å²) in [6.45, 7) is 7.30. The topological polar surface area (TPSA) is 105 Å². The third kappa shape index (κ3) is 6.29. The molecule has 2 saturated heterocycles. The number of imide groups is 1. The second-order valence-electron chi connectivity index (χ2n) is 9.25. The van der Waals surface area contributed by atoms with Crippen LogP contribution in [0.4, 0.5) is 4.79 Å². The summed E-state index contributed by atoms with van der Waals surface area (Å²) in [5.74, 6) is -0.884. The van der Waals surface area contributed by atoms with E-state index in [1.165, 1.54) is 0 Å². The van der Waals surface area contributed by atoms with Gasteiger partial charge in [0, 0.05) is 31.6 Å². The van der Waals surface area contributed by atoms with Gasteiger partial charge < -0.3 is 15.0 Å². The Morgan fingerprint density at radius 1 is 1.16 bits per heavy atom. The average Bonchev–Trinajstić information content (AvgIpc) is 2.71. The second kappa shape index (κ2) is 9.49. The van der Waals surface area contributed by atoms with Crippen LogP contribution in [0.15, 0.2) is 24.3 Å². The van der Waals surface area contributed by atoms with E-state index in [1.54, 1.807) is 23.1 Å². The van der Waals surface area contributed by atoms with E-state index in [2.05, 4.69) is 10.6 Å². The maximum Gasteiger partial charge on any atom is 0.410 e. The predicted octanol–water partition coefficient (Wildman–Crippen LogP) is 2.58. The number of ether oxygens (including phenoxy) is 1. The number of piperidine rings is 2. The first-order valence-corrected chi connectivity index (χ1v) is 10.8. The zero-order chi connectivity index (χ0) is 22.6. The monoisotopic (exact) mass is 429 g/mol. The second-order valence-corrected chi connectivity index (χ2v) is 9.25. The Hall–Kier alpha value is -2.90. The number of amides is 4. The van der Waals surface area contributed by atoms with Gasteiger partial charge in [-0.1, -0.05) is 12.1 Å². The smallest absolute Gasteiger partial charge is 0.410 e. The number of hydrogen-bond acceptors (Lipinski definition) is 5. The number of benzene rings is 1. The largest absolute Gasteiger partial charge is 0.444 e. The number of nitrogens with one attached hydrogen (secondary N) is 2. The van der Waals surface area contributed by atoms with Gasteiger partial charge in [-0.05, 0) is 63.6 Å². The van der Waals surface area contributed by atoms with E-state index in [-0.39, 0.29) is 23.8 Å². The lowest BCUT2D eigenvalue weighted by Gasteiger charge is -2.33. The number of likely N-dealkylation sites (tertiary alicyclic amines) is 1. The van der Waals surface area contributed by atoms with Crippen molar-refractivity contribution in [1.82, 2.24) is 15.5 Å². The molecule has 4 amide bonds. The Morgan fingerprint density at radius 2 is 1.87 bits per heavy atom. The summed E-state index contributed by atoms with van der Waals surface area (Å²) in [7, 11) is 0. The molecule has 3 rings (SSSR count). The Kier molecular flexibility index (Phi) is 6.97. The number of carbonyl (C=O) groups excluding carboxylic acids is 4. The molecule has 0 spiro atoms. The van der Waals surface area contributed by atoms with Gasteiger partial charge in [0.25, 0.3) is 5.91 Å². The fourth-order valence-corrected chi connectivity index (χ4v) is 3.89. The minimum Gasteiger partial charge on any atom is -0.444 e. The van der Waals surface area contributed by atoms with Crippen molar-refractivity contribution in [3.63, 3.8) is 0 Å². The molecule has 8 heteroatoms. The van der Waals surface area contributed by atoms with E-state index >= 15 is 0 Å². The first-order chi connectivity index (χ1) is 14.6. The Morgan fingerprint density at radius 3 is 2.52 bits per heavy atom. The van der Waals surface area contributed by atoms with Crippen molar-refractivity contribution in [2.24, 2.45) is 5.92 Å². The highest BCUT2D eigenvalue weighted by Crippen LogP contribution is 2.25. The Balaban J connectivity index is 1.49. The third-order valence-electron chi connectivity index (χ3n) is 5.61. The van der Waals surface area contributed by atoms with Gasteiger partial charge in [-0.25, -0.2) is 4.79 Å². The van der Waals surface area contributed by atoms with Crippen LogP contribution in [0, 0.1) is 5.92 Å². The van der Waals surface area contributed by atoms with Crippen LogP contribution in [0.5, 0.6) is 0 Å². The molecular weight excluding hydrogens is 398 g/mol. The molecule has 8 nitrogen and oxygen atoms in total. The van der Waals surface area contributed by atoms with Crippen LogP contribution < -0.4 is 10.6 Å². The van der Waals surface area contributed by atoms with Gasteiger partial charge >= 0.3 is 6.09 Å². The minimum atomic E-state index is -0.510. The van der Waals surface area contributed by atoms with Gasteiger partial charge in [-0.15, -0.1) is 0 Å². The zero-order valence-electron chi connectivity index (χ0n) is 18.4. The fraction of sp³-hybridized carbons (Fsp3) is 0.565. The van der Waals surface area contributed by atoms with Crippen LogP contribution in [0.1, 0.15) is 68.3 Å². The van der Waals surface area contributed by atoms with Crippen molar-refractivity contribution in [1.29, 1.82) is 0 Å². The molecule has 2 aliphatic rings. The molecule has 2 N–H and O–H groups in total. The Bertz CT molecular complexity index is 853. The molecule has 1 atom stereocenters. The molecule has 0 radical (unpaired) electrons. The van der Waals surface area contributed by atoms with Crippen molar-refractivity contribution in [3.8, 4) is 0 Å². The molecule has 0 saturated carbocycles. The van der Waals surface area contributed by atoms with Crippen LogP contribution in [0.3, 0.4) is 0 Å². The van der Waals surface area contributed by atoms with Gasteiger partial charge in [0.1, 0.15) is 5.60 Å². The molecule has 2 heterocycles. The molecule has 168 valence electrons. The maximum absolute atomic E-state index is 12.6. The standard InChI is InChI=1S/C23H31N3O5/c1-23(2,3)31-22(30)26-11-9-15(10-12-26)14-24-20(28)17-6-4-5-16(13-17)18-7-8-19(27)25-21(18)29/h4-6,13,15,18H,7-12,14H2,1-3H3,(H,24,28)(H,25,27,29). The molecule has 2 fully saturated rings. The zero-order valence-corrected chi connectivity index (χ0v) is 18.4. The van der Waals surface area contributed by atoms with Gasteiger partial charge in [-0.2, -0.15) is 0 Å². The van der Waals surface area contributed by atoms with Crippen LogP contribution in [0.25, 0.3) is 0 Å². The molecule has 1 unspecified atom stereocenters. The fourth-order valence-electron chi connectivity index (χ4n) is 3.89. The maximum atomic E-state index is 12.6. The van der Waals surface area contributed by atoms with Crippen LogP contribution in [-0.4, -0.2) is 54.0 Å². The Labute approximate surface area is 182 Å². The van der Waals surface area contributed by atoms with E-state index < -0.39 is 11.5 Å². The summed E-state index contributed by atoms with van der Waals surface area (Å²) >= 11 is 0. The van der Waals surface area contributed by atoms with Crippen LogP contribution >= 0.6 is 0 Å². The first-order valence-electron chi connectivity index (χ1n) is 10.8. The summed E-state index contributed by atoms with van der Waals surface area (Å²) in [4.78, 5) is 50.0. The predicted molar refractivity (Wildman–Crippen MR) is 114 cm³/mol. The summed E-state index contributed by atoms with van der Waals surface area (Å²) in [6.07, 6.45) is 2.06. The van der Waals surface area contributed by atoms with E-state index in [4.69, 9.17) is 4.74 Å². The van der Waals surface area contributed by atoms with Gasteiger partial charge in [0.2, 0.25) is 11.8 Å². The quantitative estimate of drug-likeness (QED) is 0.716. The van der Waals surface area contributed by atoms with E-state index in [0.717, 1.165) is 18.4 Å². The van der Waals surface area contributed by atoms with Crippen molar-refractivity contribution in [2.45, 2.75) is 58.0 Å². The average molecular weight is 430 g/mol. The van der Waals surface area contributed by atoms with Crippen molar-refractivity contribution in [2.75, 3.05) is 19.6 Å². The highest BCUT2D eigenvalue weighted by atomic mass is 16.6. The molecular formula is C23H31N3O5. The summed E-state index contributed by atoms with van der Waals surface area (Å²) in [5, 5.41) is 5.32. The summed E-state index contributed by atoms with van der Waals surface area (Å²) in [5.41, 5.74) is 0.723. The van der Waals surface area contributed by atoms with Crippen molar-refractivity contribution < 1.29 is 23.9 Å².